The number of pyridine rings is 1. The summed E-state index contributed by atoms with van der Waals surface area (Å²) in [5.41, 5.74) is 1.68. The molecule has 0 aliphatic heterocycles. The largest absolute Gasteiger partial charge is 0.460 e. The van der Waals surface area contributed by atoms with Crippen LogP contribution in [-0.4, -0.2) is 42.5 Å². The maximum atomic E-state index is 12.2. The number of hydrogen-bond donors (Lipinski definition) is 3. The Kier molecular flexibility index (Phi) is 8.17. The second-order valence-corrected chi connectivity index (χ2v) is 6.36. The van der Waals surface area contributed by atoms with Crippen LogP contribution in [0.2, 0.25) is 0 Å². The fraction of sp³-hybridized carbons (Fsp3) is 0.143. The fourth-order valence-electron chi connectivity index (χ4n) is 2.31. The number of allylic oxidation sites excluding steroid dienone is 2. The number of ether oxygens (including phenoxy) is 1. The van der Waals surface area contributed by atoms with Gasteiger partial charge >= 0.3 is 5.97 Å². The van der Waals surface area contributed by atoms with E-state index in [4.69, 9.17) is 4.74 Å². The van der Waals surface area contributed by atoms with E-state index in [2.05, 4.69) is 41.4 Å². The van der Waals surface area contributed by atoms with Crippen LogP contribution in [0, 0.1) is 0 Å². The van der Waals surface area contributed by atoms with Crippen LogP contribution in [0.3, 0.4) is 0 Å². The first-order chi connectivity index (χ1) is 13.9. The van der Waals surface area contributed by atoms with Crippen molar-refractivity contribution < 1.29 is 19.1 Å². The van der Waals surface area contributed by atoms with E-state index in [0.29, 0.717) is 21.5 Å². The van der Waals surface area contributed by atoms with Gasteiger partial charge in [0.15, 0.2) is 0 Å². The normalized spacial score (nSPS) is 10.9. The molecular weight excluding hydrogens is 390 g/mol. The third kappa shape index (κ3) is 6.62. The topological polar surface area (TPSA) is 97.4 Å². The van der Waals surface area contributed by atoms with Gasteiger partial charge < -0.3 is 15.4 Å². The van der Waals surface area contributed by atoms with Crippen molar-refractivity contribution >= 4 is 41.3 Å². The summed E-state index contributed by atoms with van der Waals surface area (Å²) in [6.07, 6.45) is 6.17. The summed E-state index contributed by atoms with van der Waals surface area (Å²) in [5, 5.41) is 5.63. The number of hydrogen-bond acceptors (Lipinski definition) is 6. The number of rotatable bonds is 9. The van der Waals surface area contributed by atoms with E-state index in [1.165, 1.54) is 6.20 Å². The molecule has 2 amide bonds. The molecule has 1 heterocycles. The Bertz CT molecular complexity index is 985. The number of esters is 1. The zero-order valence-corrected chi connectivity index (χ0v) is 16.6. The summed E-state index contributed by atoms with van der Waals surface area (Å²) >= 11 is 4.32. The molecule has 0 saturated carbocycles. The highest BCUT2D eigenvalue weighted by Crippen LogP contribution is 2.20. The maximum absolute atomic E-state index is 12.2. The van der Waals surface area contributed by atoms with Crippen molar-refractivity contribution in [2.45, 2.75) is 4.90 Å². The lowest BCUT2D eigenvalue weighted by Gasteiger charge is -2.08. The molecule has 150 valence electrons. The average Bonchev–Trinajstić information content (AvgIpc) is 2.73. The van der Waals surface area contributed by atoms with E-state index in [1.54, 1.807) is 24.3 Å². The third-order valence-corrected chi connectivity index (χ3v) is 4.15. The van der Waals surface area contributed by atoms with E-state index in [1.807, 2.05) is 18.2 Å². The molecule has 0 aliphatic carbocycles. The van der Waals surface area contributed by atoms with Crippen molar-refractivity contribution in [3.63, 3.8) is 0 Å². The molecule has 0 unspecified atom stereocenters. The van der Waals surface area contributed by atoms with Crippen LogP contribution < -0.4 is 10.6 Å². The molecule has 7 nitrogen and oxygen atoms in total. The Morgan fingerprint density at radius 2 is 1.97 bits per heavy atom. The first-order valence-corrected chi connectivity index (χ1v) is 9.11. The molecule has 8 heteroatoms. The van der Waals surface area contributed by atoms with Crippen LogP contribution in [0.1, 0.15) is 10.4 Å². The van der Waals surface area contributed by atoms with Crippen LogP contribution in [-0.2, 0) is 14.3 Å². The van der Waals surface area contributed by atoms with Gasteiger partial charge in [0.2, 0.25) is 5.91 Å². The van der Waals surface area contributed by atoms with Gasteiger partial charge in [-0.05, 0) is 17.7 Å². The minimum Gasteiger partial charge on any atom is -0.460 e. The summed E-state index contributed by atoms with van der Waals surface area (Å²) in [4.78, 5) is 40.7. The average molecular weight is 411 g/mol. The maximum Gasteiger partial charge on any atom is 0.325 e. The number of nitrogens with one attached hydrogen (secondary N) is 2. The number of benzene rings is 1. The predicted molar refractivity (Wildman–Crippen MR) is 114 cm³/mol. The molecule has 0 radical (unpaired) electrons. The second kappa shape index (κ2) is 10.8. The molecule has 1 aromatic carbocycles. The number of nitrogens with zero attached hydrogens (tertiary/aromatic N) is 1. The lowest BCUT2D eigenvalue weighted by molar-refractivity contribution is -0.142. The highest BCUT2D eigenvalue weighted by atomic mass is 32.1. The van der Waals surface area contributed by atoms with Crippen molar-refractivity contribution in [1.82, 2.24) is 15.6 Å². The first kappa shape index (κ1) is 21.9. The molecular formula is C21H21N3O4S. The minimum atomic E-state index is -0.609. The van der Waals surface area contributed by atoms with Crippen molar-refractivity contribution in [3.8, 4) is 0 Å². The smallest absolute Gasteiger partial charge is 0.325 e. The van der Waals surface area contributed by atoms with E-state index < -0.39 is 17.8 Å². The summed E-state index contributed by atoms with van der Waals surface area (Å²) in [6, 6.07) is 7.10. The Balaban J connectivity index is 1.79. The number of para-hydroxylation sites is 1. The molecule has 2 N–H and O–H groups in total. The molecule has 2 rings (SSSR count). The molecule has 1 aromatic heterocycles. The van der Waals surface area contributed by atoms with Gasteiger partial charge in [0.1, 0.15) is 13.2 Å². The lowest BCUT2D eigenvalue weighted by Crippen LogP contribution is -2.39. The number of carbonyl (C=O) groups excluding carboxylic acids is 3. The Morgan fingerprint density at radius 1 is 1.17 bits per heavy atom. The Hall–Kier alpha value is -3.39. The summed E-state index contributed by atoms with van der Waals surface area (Å²) < 4.78 is 5.00. The number of thiol groups is 1. The van der Waals surface area contributed by atoms with Gasteiger partial charge in [0.05, 0.1) is 17.6 Å². The lowest BCUT2D eigenvalue weighted by atomic mass is 10.1. The van der Waals surface area contributed by atoms with Crippen LogP contribution >= 0.6 is 12.6 Å². The molecule has 29 heavy (non-hydrogen) atoms. The molecule has 0 spiro atoms. The van der Waals surface area contributed by atoms with Crippen molar-refractivity contribution in [2.75, 3.05) is 19.7 Å². The van der Waals surface area contributed by atoms with Crippen LogP contribution in [0.15, 0.2) is 72.3 Å². The molecule has 2 aromatic rings. The van der Waals surface area contributed by atoms with Gasteiger partial charge in [0, 0.05) is 16.5 Å². The molecule has 0 atom stereocenters. The third-order valence-electron chi connectivity index (χ3n) is 3.79. The summed E-state index contributed by atoms with van der Waals surface area (Å²) in [7, 11) is 0. The predicted octanol–water partition coefficient (Wildman–Crippen LogP) is 2.21. The number of amides is 2. The zero-order valence-electron chi connectivity index (χ0n) is 15.7. The highest BCUT2D eigenvalue weighted by molar-refractivity contribution is 7.80. The summed E-state index contributed by atoms with van der Waals surface area (Å²) in [5.74, 6) is -1.58. The molecule has 0 fully saturated rings. The van der Waals surface area contributed by atoms with E-state index in [0.717, 1.165) is 5.39 Å². The van der Waals surface area contributed by atoms with Crippen LogP contribution in [0.25, 0.3) is 10.9 Å². The molecule has 0 bridgehead atoms. The molecule has 0 aliphatic rings. The highest BCUT2D eigenvalue weighted by Gasteiger charge is 2.11. The van der Waals surface area contributed by atoms with Gasteiger partial charge in [-0.25, -0.2) is 0 Å². The number of aromatic nitrogens is 1. The Labute approximate surface area is 173 Å². The van der Waals surface area contributed by atoms with Gasteiger partial charge in [0.25, 0.3) is 5.91 Å². The fourth-order valence-corrected chi connectivity index (χ4v) is 2.58. The van der Waals surface area contributed by atoms with Crippen molar-refractivity contribution in [1.29, 1.82) is 0 Å². The standard InChI is InChI=1S/C21H21N3O4S/c1-3-6-14(4-2)13-28-19(26)12-22-18(25)11-24-21(27)16-9-15-7-5-8-17(29)20(15)23-10-16/h3-10,29H,1-2,11-13H2,(H,22,25)(H,24,27)/b14-6+. The van der Waals surface area contributed by atoms with Crippen molar-refractivity contribution in [2.24, 2.45) is 0 Å². The van der Waals surface area contributed by atoms with E-state index in [9.17, 15) is 14.4 Å². The van der Waals surface area contributed by atoms with Gasteiger partial charge in [-0.3, -0.25) is 19.4 Å². The summed E-state index contributed by atoms with van der Waals surface area (Å²) in [6.45, 7) is 6.57. The second-order valence-electron chi connectivity index (χ2n) is 5.87. The molecule has 0 saturated heterocycles. The zero-order chi connectivity index (χ0) is 21.2. The monoisotopic (exact) mass is 411 g/mol. The van der Waals surface area contributed by atoms with E-state index in [-0.39, 0.29) is 19.7 Å². The van der Waals surface area contributed by atoms with E-state index >= 15 is 0 Å². The van der Waals surface area contributed by atoms with Crippen LogP contribution in [0.4, 0.5) is 0 Å². The minimum absolute atomic E-state index is 0.0317. The van der Waals surface area contributed by atoms with Crippen LogP contribution in [0.5, 0.6) is 0 Å². The first-order valence-electron chi connectivity index (χ1n) is 8.67. The van der Waals surface area contributed by atoms with Gasteiger partial charge in [-0.2, -0.15) is 0 Å². The van der Waals surface area contributed by atoms with Gasteiger partial charge in [-0.15, -0.1) is 12.6 Å². The SMILES string of the molecule is C=C/C=C(\C=C)COC(=O)CNC(=O)CNC(=O)c1cnc2c(S)cccc2c1. The van der Waals surface area contributed by atoms with Crippen molar-refractivity contribution in [3.05, 3.63) is 73.0 Å². The van der Waals surface area contributed by atoms with Gasteiger partial charge in [-0.1, -0.05) is 43.5 Å². The Morgan fingerprint density at radius 3 is 2.69 bits per heavy atom. The number of carbonyl (C=O) groups is 3. The number of fused-ring (bicyclic) bond motifs is 1. The quantitative estimate of drug-likeness (QED) is 0.334.